The van der Waals surface area contributed by atoms with Crippen LogP contribution < -0.4 is 5.32 Å². The van der Waals surface area contributed by atoms with E-state index in [4.69, 9.17) is 11.6 Å². The van der Waals surface area contributed by atoms with Crippen LogP contribution in [0.2, 0.25) is 5.02 Å². The van der Waals surface area contributed by atoms with Crippen LogP contribution in [0.1, 0.15) is 29.8 Å². The van der Waals surface area contributed by atoms with E-state index < -0.39 is 0 Å². The molecule has 0 radical (unpaired) electrons. The van der Waals surface area contributed by atoms with Gasteiger partial charge in [-0.3, -0.25) is 0 Å². The van der Waals surface area contributed by atoms with Crippen molar-refractivity contribution in [2.24, 2.45) is 0 Å². The fourth-order valence-corrected chi connectivity index (χ4v) is 2.90. The Kier molecular flexibility index (Phi) is 4.60. The number of halogens is 1. The van der Waals surface area contributed by atoms with Crippen LogP contribution in [0.15, 0.2) is 41.8 Å². The predicted octanol–water partition coefficient (Wildman–Crippen LogP) is 4.64. The molecule has 2 rings (SSSR count). The van der Waals surface area contributed by atoms with Gasteiger partial charge in [0.25, 0.3) is 0 Å². The summed E-state index contributed by atoms with van der Waals surface area (Å²) >= 11 is 7.94. The number of rotatable bonds is 5. The van der Waals surface area contributed by atoms with Crippen molar-refractivity contribution in [2.45, 2.75) is 25.9 Å². The Morgan fingerprint density at radius 1 is 1.24 bits per heavy atom. The lowest BCUT2D eigenvalue weighted by Gasteiger charge is -2.16. The summed E-state index contributed by atoms with van der Waals surface area (Å²) in [5.41, 5.74) is 1.16. The molecular weight excluding hydrogens is 250 g/mol. The molecule has 0 saturated carbocycles. The molecule has 1 unspecified atom stereocenters. The molecule has 1 N–H and O–H groups in total. The highest BCUT2D eigenvalue weighted by Gasteiger charge is 2.09. The summed E-state index contributed by atoms with van der Waals surface area (Å²) in [6.45, 7) is 3.01. The van der Waals surface area contributed by atoms with Gasteiger partial charge >= 0.3 is 0 Å². The van der Waals surface area contributed by atoms with E-state index in [-0.39, 0.29) is 0 Å². The fourth-order valence-electron chi connectivity index (χ4n) is 1.81. The zero-order valence-electron chi connectivity index (χ0n) is 9.82. The monoisotopic (exact) mass is 265 g/mol. The highest BCUT2D eigenvalue weighted by atomic mass is 35.5. The molecule has 0 amide bonds. The zero-order valence-corrected chi connectivity index (χ0v) is 11.4. The topological polar surface area (TPSA) is 12.0 Å². The van der Waals surface area contributed by atoms with E-state index in [1.54, 1.807) is 11.3 Å². The van der Waals surface area contributed by atoms with Gasteiger partial charge in [-0.15, -0.1) is 11.3 Å². The third-order valence-electron chi connectivity index (χ3n) is 2.79. The minimum Gasteiger partial charge on any atom is -0.305 e. The molecule has 1 nitrogen and oxygen atoms in total. The Morgan fingerprint density at radius 2 is 2.06 bits per heavy atom. The molecule has 1 aromatic heterocycles. The van der Waals surface area contributed by atoms with Gasteiger partial charge in [-0.05, 0) is 29.5 Å². The maximum atomic E-state index is 6.14. The molecular formula is C14H16ClNS. The van der Waals surface area contributed by atoms with E-state index in [0.29, 0.717) is 6.04 Å². The molecule has 1 heterocycles. The van der Waals surface area contributed by atoms with E-state index >= 15 is 0 Å². The molecule has 0 fully saturated rings. The van der Waals surface area contributed by atoms with Crippen molar-refractivity contribution in [3.8, 4) is 0 Å². The lowest BCUT2D eigenvalue weighted by molar-refractivity contribution is 0.526. The summed E-state index contributed by atoms with van der Waals surface area (Å²) in [6.07, 6.45) is 1.09. The van der Waals surface area contributed by atoms with E-state index in [1.165, 1.54) is 4.88 Å². The first kappa shape index (κ1) is 12.6. The molecule has 2 aromatic rings. The Bertz CT molecular complexity index is 453. The van der Waals surface area contributed by atoms with E-state index in [0.717, 1.165) is 23.6 Å². The van der Waals surface area contributed by atoms with Crippen molar-refractivity contribution in [3.05, 3.63) is 57.2 Å². The first-order valence-electron chi connectivity index (χ1n) is 5.81. The third-order valence-corrected chi connectivity index (χ3v) is 4.15. The second-order valence-corrected chi connectivity index (χ2v) is 5.34. The molecule has 90 valence electrons. The van der Waals surface area contributed by atoms with Crippen LogP contribution in [0.4, 0.5) is 0 Å². The summed E-state index contributed by atoms with van der Waals surface area (Å²) in [4.78, 5) is 1.39. The van der Waals surface area contributed by atoms with Crippen molar-refractivity contribution in [3.63, 3.8) is 0 Å². The van der Waals surface area contributed by atoms with E-state index in [9.17, 15) is 0 Å². The zero-order chi connectivity index (χ0) is 12.1. The Morgan fingerprint density at radius 3 is 2.71 bits per heavy atom. The van der Waals surface area contributed by atoms with Crippen LogP contribution in [0.5, 0.6) is 0 Å². The first-order chi connectivity index (χ1) is 8.31. The van der Waals surface area contributed by atoms with Crippen molar-refractivity contribution < 1.29 is 0 Å². The van der Waals surface area contributed by atoms with Crippen molar-refractivity contribution in [2.75, 3.05) is 0 Å². The highest BCUT2D eigenvalue weighted by molar-refractivity contribution is 7.10. The van der Waals surface area contributed by atoms with Gasteiger partial charge in [0.2, 0.25) is 0 Å². The molecule has 0 spiro atoms. The molecule has 0 bridgehead atoms. The van der Waals surface area contributed by atoms with Crippen LogP contribution >= 0.6 is 22.9 Å². The largest absolute Gasteiger partial charge is 0.305 e. The van der Waals surface area contributed by atoms with Gasteiger partial charge in [-0.1, -0.05) is 42.8 Å². The highest BCUT2D eigenvalue weighted by Crippen LogP contribution is 2.23. The predicted molar refractivity (Wildman–Crippen MR) is 75.6 cm³/mol. The van der Waals surface area contributed by atoms with Crippen molar-refractivity contribution in [1.29, 1.82) is 0 Å². The van der Waals surface area contributed by atoms with Crippen LogP contribution in [0.3, 0.4) is 0 Å². The second-order valence-electron chi connectivity index (χ2n) is 3.95. The van der Waals surface area contributed by atoms with Gasteiger partial charge in [-0.2, -0.15) is 0 Å². The molecule has 0 aliphatic heterocycles. The molecule has 17 heavy (non-hydrogen) atoms. The third kappa shape index (κ3) is 3.32. The number of nitrogens with one attached hydrogen (secondary N) is 1. The first-order valence-corrected chi connectivity index (χ1v) is 7.07. The maximum Gasteiger partial charge on any atom is 0.0450 e. The molecule has 1 aromatic carbocycles. The quantitative estimate of drug-likeness (QED) is 0.830. The summed E-state index contributed by atoms with van der Waals surface area (Å²) < 4.78 is 0. The van der Waals surface area contributed by atoms with Crippen molar-refractivity contribution in [1.82, 2.24) is 5.32 Å². The van der Waals surface area contributed by atoms with Gasteiger partial charge in [0, 0.05) is 22.5 Å². The van der Waals surface area contributed by atoms with E-state index in [1.807, 2.05) is 18.2 Å². The van der Waals surface area contributed by atoms with Crippen LogP contribution in [-0.4, -0.2) is 0 Å². The molecule has 0 aliphatic rings. The number of hydrogen-bond donors (Lipinski definition) is 1. The van der Waals surface area contributed by atoms with Crippen LogP contribution in [0.25, 0.3) is 0 Å². The lowest BCUT2D eigenvalue weighted by atomic mass is 10.1. The standard InChI is InChI=1S/C14H16ClNS/c1-2-13(14-8-5-9-17-14)16-10-11-6-3-4-7-12(11)15/h3-9,13,16H,2,10H2,1H3. The van der Waals surface area contributed by atoms with Gasteiger partial charge in [0.1, 0.15) is 0 Å². The molecule has 1 atom stereocenters. The minimum absolute atomic E-state index is 0.422. The lowest BCUT2D eigenvalue weighted by Crippen LogP contribution is -2.19. The summed E-state index contributed by atoms with van der Waals surface area (Å²) in [6, 6.07) is 12.7. The molecule has 3 heteroatoms. The van der Waals surface area contributed by atoms with Crippen LogP contribution in [0, 0.1) is 0 Å². The Balaban J connectivity index is 2.00. The number of benzene rings is 1. The van der Waals surface area contributed by atoms with Gasteiger partial charge < -0.3 is 5.32 Å². The Hall–Kier alpha value is -0.830. The van der Waals surface area contributed by atoms with Gasteiger partial charge in [-0.25, -0.2) is 0 Å². The average molecular weight is 266 g/mol. The maximum absolute atomic E-state index is 6.14. The van der Waals surface area contributed by atoms with Crippen molar-refractivity contribution >= 4 is 22.9 Å². The van der Waals surface area contributed by atoms with E-state index in [2.05, 4.69) is 35.8 Å². The minimum atomic E-state index is 0.422. The summed E-state index contributed by atoms with van der Waals surface area (Å²) in [7, 11) is 0. The normalized spacial score (nSPS) is 12.6. The van der Waals surface area contributed by atoms with Gasteiger partial charge in [0.05, 0.1) is 0 Å². The average Bonchev–Trinajstić information content (AvgIpc) is 2.86. The number of thiophene rings is 1. The molecule has 0 aliphatic carbocycles. The summed E-state index contributed by atoms with van der Waals surface area (Å²) in [5, 5.41) is 6.51. The van der Waals surface area contributed by atoms with Gasteiger partial charge in [0.15, 0.2) is 0 Å². The Labute approximate surface area is 111 Å². The SMILES string of the molecule is CCC(NCc1ccccc1Cl)c1cccs1. The number of hydrogen-bond acceptors (Lipinski definition) is 2. The smallest absolute Gasteiger partial charge is 0.0450 e. The molecule has 0 saturated heterocycles. The fraction of sp³-hybridized carbons (Fsp3) is 0.286. The summed E-state index contributed by atoms with van der Waals surface area (Å²) in [5.74, 6) is 0. The van der Waals surface area contributed by atoms with Crippen LogP contribution in [-0.2, 0) is 6.54 Å². The second kappa shape index (κ2) is 6.20.